The molecule has 2 heterocycles. The molecule has 10 heteroatoms. The van der Waals surface area contributed by atoms with E-state index in [1.807, 2.05) is 23.9 Å². The second-order valence-electron chi connectivity index (χ2n) is 9.51. The summed E-state index contributed by atoms with van der Waals surface area (Å²) in [5.41, 5.74) is 0.726. The maximum Gasteiger partial charge on any atom is 0.243 e. The van der Waals surface area contributed by atoms with Crippen LogP contribution in [0, 0.1) is 5.82 Å². The Labute approximate surface area is 205 Å². The SMILES string of the molecule is CC[C@H]1CCCCN1C(=O)C[C@H](NC(=O)CCN(C)C)C(=O)N[C@@H](C)c1nc2c(F)cccc2[nH]1. The molecule has 1 fully saturated rings. The number of H-pyrrole nitrogens is 1. The van der Waals surface area contributed by atoms with Crippen LogP contribution in [0.1, 0.15) is 64.2 Å². The summed E-state index contributed by atoms with van der Waals surface area (Å²) in [5.74, 6) is -0.967. The molecule has 35 heavy (non-hydrogen) atoms. The predicted octanol–water partition coefficient (Wildman–Crippen LogP) is 2.50. The van der Waals surface area contributed by atoms with E-state index in [0.29, 0.717) is 24.4 Å². The zero-order valence-electron chi connectivity index (χ0n) is 21.1. The average Bonchev–Trinajstić information content (AvgIpc) is 3.28. The van der Waals surface area contributed by atoms with Crippen molar-refractivity contribution in [2.45, 2.75) is 70.5 Å². The molecule has 3 rings (SSSR count). The Morgan fingerprint density at radius 2 is 2.03 bits per heavy atom. The summed E-state index contributed by atoms with van der Waals surface area (Å²) in [7, 11) is 3.72. The van der Waals surface area contributed by atoms with E-state index >= 15 is 0 Å². The van der Waals surface area contributed by atoms with Crippen molar-refractivity contribution in [1.82, 2.24) is 30.4 Å². The number of hydrogen-bond acceptors (Lipinski definition) is 5. The normalized spacial score (nSPS) is 17.9. The third-order valence-electron chi connectivity index (χ3n) is 6.49. The van der Waals surface area contributed by atoms with Gasteiger partial charge >= 0.3 is 0 Å². The van der Waals surface area contributed by atoms with Gasteiger partial charge in [0.1, 0.15) is 17.4 Å². The molecule has 0 unspecified atom stereocenters. The lowest BCUT2D eigenvalue weighted by Gasteiger charge is -2.36. The van der Waals surface area contributed by atoms with Crippen molar-refractivity contribution in [1.29, 1.82) is 0 Å². The molecule has 1 aromatic heterocycles. The van der Waals surface area contributed by atoms with Crippen molar-refractivity contribution in [2.75, 3.05) is 27.2 Å². The molecule has 0 radical (unpaired) electrons. The highest BCUT2D eigenvalue weighted by Gasteiger charge is 2.31. The van der Waals surface area contributed by atoms with Gasteiger partial charge in [0.2, 0.25) is 17.7 Å². The van der Waals surface area contributed by atoms with Crippen molar-refractivity contribution in [2.24, 2.45) is 0 Å². The molecule has 1 saturated heterocycles. The molecule has 3 atom stereocenters. The van der Waals surface area contributed by atoms with E-state index in [-0.39, 0.29) is 36.2 Å². The zero-order chi connectivity index (χ0) is 25.5. The maximum absolute atomic E-state index is 14.0. The summed E-state index contributed by atoms with van der Waals surface area (Å²) >= 11 is 0. The van der Waals surface area contributed by atoms with E-state index in [2.05, 4.69) is 27.5 Å². The van der Waals surface area contributed by atoms with Gasteiger partial charge < -0.3 is 25.4 Å². The molecule has 192 valence electrons. The molecule has 1 aliphatic heterocycles. The summed E-state index contributed by atoms with van der Waals surface area (Å²) in [6.45, 7) is 4.97. The lowest BCUT2D eigenvalue weighted by molar-refractivity contribution is -0.139. The molecule has 0 bridgehead atoms. The van der Waals surface area contributed by atoms with Crippen molar-refractivity contribution in [3.8, 4) is 0 Å². The lowest BCUT2D eigenvalue weighted by atomic mass is 9.99. The minimum Gasteiger partial charge on any atom is -0.345 e. The number of piperidine rings is 1. The van der Waals surface area contributed by atoms with Crippen LogP contribution in [0.15, 0.2) is 18.2 Å². The van der Waals surface area contributed by atoms with Gasteiger partial charge in [-0.15, -0.1) is 0 Å². The number of carbonyl (C=O) groups is 3. The number of carbonyl (C=O) groups excluding carboxylic acids is 3. The number of likely N-dealkylation sites (tertiary alicyclic amines) is 1. The Kier molecular flexibility index (Phi) is 9.20. The molecule has 0 saturated carbocycles. The highest BCUT2D eigenvalue weighted by atomic mass is 19.1. The van der Waals surface area contributed by atoms with Gasteiger partial charge in [0.05, 0.1) is 18.0 Å². The minimum absolute atomic E-state index is 0.114. The Balaban J connectivity index is 1.73. The van der Waals surface area contributed by atoms with Crippen LogP contribution < -0.4 is 10.6 Å². The quantitative estimate of drug-likeness (QED) is 0.476. The van der Waals surface area contributed by atoms with Gasteiger partial charge in [0.15, 0.2) is 5.82 Å². The largest absolute Gasteiger partial charge is 0.345 e. The fraction of sp³-hybridized carbons (Fsp3) is 0.600. The molecule has 0 spiro atoms. The van der Waals surface area contributed by atoms with Gasteiger partial charge in [-0.2, -0.15) is 0 Å². The minimum atomic E-state index is -1.01. The van der Waals surface area contributed by atoms with Gasteiger partial charge in [-0.3, -0.25) is 14.4 Å². The number of hydrogen-bond donors (Lipinski definition) is 3. The fourth-order valence-electron chi connectivity index (χ4n) is 4.45. The van der Waals surface area contributed by atoms with Crippen LogP contribution in [0.2, 0.25) is 0 Å². The van der Waals surface area contributed by atoms with E-state index < -0.39 is 23.8 Å². The number of amides is 3. The number of nitrogens with one attached hydrogen (secondary N) is 3. The second kappa shape index (κ2) is 12.1. The molecular weight excluding hydrogens is 451 g/mol. The van der Waals surface area contributed by atoms with Crippen LogP contribution in [0.5, 0.6) is 0 Å². The highest BCUT2D eigenvalue weighted by molar-refractivity contribution is 5.92. The molecule has 3 N–H and O–H groups in total. The first-order valence-corrected chi connectivity index (χ1v) is 12.4. The van der Waals surface area contributed by atoms with Gasteiger partial charge in [-0.25, -0.2) is 9.37 Å². The van der Waals surface area contributed by atoms with Gasteiger partial charge in [-0.1, -0.05) is 13.0 Å². The summed E-state index contributed by atoms with van der Waals surface area (Å²) in [6.07, 6.45) is 3.94. The third kappa shape index (κ3) is 7.00. The number of rotatable bonds is 10. The van der Waals surface area contributed by atoms with Gasteiger partial charge in [0.25, 0.3) is 0 Å². The molecule has 1 aromatic carbocycles. The highest BCUT2D eigenvalue weighted by Crippen LogP contribution is 2.21. The van der Waals surface area contributed by atoms with E-state index in [1.54, 1.807) is 19.1 Å². The first-order valence-electron chi connectivity index (χ1n) is 12.4. The van der Waals surface area contributed by atoms with Crippen LogP contribution in [0.4, 0.5) is 4.39 Å². The summed E-state index contributed by atoms with van der Waals surface area (Å²) < 4.78 is 14.0. The number of para-hydroxylation sites is 1. The molecule has 2 aromatic rings. The second-order valence-corrected chi connectivity index (χ2v) is 9.51. The smallest absolute Gasteiger partial charge is 0.243 e. The maximum atomic E-state index is 14.0. The molecule has 1 aliphatic rings. The van der Waals surface area contributed by atoms with Crippen molar-refractivity contribution < 1.29 is 18.8 Å². The first-order chi connectivity index (χ1) is 16.7. The van der Waals surface area contributed by atoms with Crippen LogP contribution in [-0.4, -0.2) is 76.8 Å². The van der Waals surface area contributed by atoms with E-state index in [1.165, 1.54) is 6.07 Å². The summed E-state index contributed by atoms with van der Waals surface area (Å²) in [5, 5.41) is 5.58. The standard InChI is InChI=1S/C25H37FN6O3/c1-5-17-9-6-7-13-32(17)22(34)15-20(28-21(33)12-14-31(3)4)25(35)27-16(2)24-29-19-11-8-10-18(26)23(19)30-24/h8,10-11,16-17,20H,5-7,9,12-15H2,1-4H3,(H,27,35)(H,28,33)(H,29,30)/t16-,17-,20-/m0/s1. The Hall–Kier alpha value is -3.01. The number of halogens is 1. The molecule has 0 aliphatic carbocycles. The van der Waals surface area contributed by atoms with Crippen LogP contribution in [0.25, 0.3) is 11.0 Å². The first kappa shape index (κ1) is 26.6. The summed E-state index contributed by atoms with van der Waals surface area (Å²) in [4.78, 5) is 50.0. The van der Waals surface area contributed by atoms with Crippen LogP contribution >= 0.6 is 0 Å². The van der Waals surface area contributed by atoms with Gasteiger partial charge in [0, 0.05) is 25.6 Å². The number of benzene rings is 1. The van der Waals surface area contributed by atoms with Crippen LogP contribution in [-0.2, 0) is 14.4 Å². The topological polar surface area (TPSA) is 110 Å². The molecular formula is C25H37FN6O3. The zero-order valence-corrected chi connectivity index (χ0v) is 21.1. The van der Waals surface area contributed by atoms with Crippen molar-refractivity contribution in [3.63, 3.8) is 0 Å². The number of fused-ring (bicyclic) bond motifs is 1. The van der Waals surface area contributed by atoms with Gasteiger partial charge in [-0.05, 0) is 58.8 Å². The number of nitrogens with zero attached hydrogens (tertiary/aromatic N) is 3. The molecule has 9 nitrogen and oxygen atoms in total. The Bertz CT molecular complexity index is 1040. The lowest BCUT2D eigenvalue weighted by Crippen LogP contribution is -2.52. The number of aromatic amines is 1. The number of aromatic nitrogens is 2. The Morgan fingerprint density at radius 3 is 2.71 bits per heavy atom. The average molecular weight is 489 g/mol. The molecule has 3 amide bonds. The third-order valence-corrected chi connectivity index (χ3v) is 6.49. The Morgan fingerprint density at radius 1 is 1.26 bits per heavy atom. The van der Waals surface area contributed by atoms with E-state index in [0.717, 1.165) is 25.7 Å². The van der Waals surface area contributed by atoms with Crippen molar-refractivity contribution >= 4 is 28.8 Å². The number of imidazole rings is 1. The van der Waals surface area contributed by atoms with E-state index in [9.17, 15) is 18.8 Å². The van der Waals surface area contributed by atoms with Crippen LogP contribution in [0.3, 0.4) is 0 Å². The van der Waals surface area contributed by atoms with Crippen molar-refractivity contribution in [3.05, 3.63) is 29.8 Å². The summed E-state index contributed by atoms with van der Waals surface area (Å²) in [6, 6.07) is 3.18. The predicted molar refractivity (Wildman–Crippen MR) is 132 cm³/mol. The van der Waals surface area contributed by atoms with E-state index in [4.69, 9.17) is 0 Å². The monoisotopic (exact) mass is 488 g/mol. The fourth-order valence-corrected chi connectivity index (χ4v) is 4.45.